The number of nitrogens with zero attached hydrogens (tertiary/aromatic N) is 2. The normalized spacial score (nSPS) is 10.2. The van der Waals surface area contributed by atoms with Crippen LogP contribution in [0.15, 0.2) is 67.0 Å². The first kappa shape index (κ1) is 19.2. The molecule has 144 valence electrons. The van der Waals surface area contributed by atoms with Crippen LogP contribution in [0.4, 0.5) is 5.69 Å². The molecule has 0 fully saturated rings. The summed E-state index contributed by atoms with van der Waals surface area (Å²) in [5.41, 5.74) is 2.11. The molecule has 2 aromatic heterocycles. The van der Waals surface area contributed by atoms with Crippen LogP contribution >= 0.6 is 0 Å². The third kappa shape index (κ3) is 5.70. The van der Waals surface area contributed by atoms with Crippen LogP contribution < -0.4 is 20.1 Å². The number of benzene rings is 1. The second-order valence-electron chi connectivity index (χ2n) is 5.89. The fraction of sp³-hybridized carbons (Fsp3) is 0.190. The molecule has 1 aromatic carbocycles. The molecule has 2 heterocycles. The molecular formula is C21H22N4O3. The summed E-state index contributed by atoms with van der Waals surface area (Å²) in [6.07, 6.45) is 3.38. The lowest BCUT2D eigenvalue weighted by atomic mass is 10.3. The van der Waals surface area contributed by atoms with Gasteiger partial charge >= 0.3 is 0 Å². The fourth-order valence-electron chi connectivity index (χ4n) is 2.42. The number of carbonyl (C=O) groups excluding carboxylic acids is 1. The Hall–Kier alpha value is -3.61. The standard InChI is InChI=1S/C21H22N4O3/c1-27-18-6-8-19(9-7-18)28-13-12-23-21(26)20-10-5-17(15-25-20)24-14-16-4-2-3-11-22-16/h2-11,15,24H,12-14H2,1H3,(H,23,26). The number of ether oxygens (including phenoxy) is 2. The summed E-state index contributed by atoms with van der Waals surface area (Å²) in [5, 5.41) is 6.01. The number of pyridine rings is 2. The van der Waals surface area contributed by atoms with Gasteiger partial charge in [0.05, 0.1) is 37.8 Å². The Morgan fingerprint density at radius 2 is 1.82 bits per heavy atom. The number of methoxy groups -OCH3 is 1. The van der Waals surface area contributed by atoms with Crippen LogP contribution in [-0.2, 0) is 6.54 Å². The van der Waals surface area contributed by atoms with E-state index < -0.39 is 0 Å². The smallest absolute Gasteiger partial charge is 0.269 e. The van der Waals surface area contributed by atoms with Crippen molar-refractivity contribution in [1.29, 1.82) is 0 Å². The molecular weight excluding hydrogens is 356 g/mol. The number of amides is 1. The molecule has 28 heavy (non-hydrogen) atoms. The molecule has 0 bridgehead atoms. The zero-order valence-electron chi connectivity index (χ0n) is 15.6. The van der Waals surface area contributed by atoms with E-state index in [1.807, 2.05) is 48.5 Å². The van der Waals surface area contributed by atoms with Crippen LogP contribution in [0.5, 0.6) is 11.5 Å². The van der Waals surface area contributed by atoms with Gasteiger partial charge in [0.2, 0.25) is 0 Å². The lowest BCUT2D eigenvalue weighted by Gasteiger charge is -2.09. The first-order chi connectivity index (χ1) is 13.7. The van der Waals surface area contributed by atoms with E-state index in [1.165, 1.54) is 0 Å². The summed E-state index contributed by atoms with van der Waals surface area (Å²) in [6.45, 7) is 1.34. The number of rotatable bonds is 9. The Balaban J connectivity index is 1.40. The van der Waals surface area contributed by atoms with E-state index in [1.54, 1.807) is 25.6 Å². The highest BCUT2D eigenvalue weighted by molar-refractivity contribution is 5.92. The molecule has 0 aliphatic heterocycles. The van der Waals surface area contributed by atoms with Gasteiger partial charge in [0.25, 0.3) is 5.91 Å². The van der Waals surface area contributed by atoms with E-state index in [0.717, 1.165) is 22.9 Å². The summed E-state index contributed by atoms with van der Waals surface area (Å²) in [6, 6.07) is 16.5. The van der Waals surface area contributed by atoms with Gasteiger partial charge in [0.15, 0.2) is 0 Å². The summed E-state index contributed by atoms with van der Waals surface area (Å²) in [5.74, 6) is 1.25. The van der Waals surface area contributed by atoms with Gasteiger partial charge in [-0.1, -0.05) is 6.07 Å². The molecule has 0 aliphatic rings. The maximum Gasteiger partial charge on any atom is 0.269 e. The summed E-state index contributed by atoms with van der Waals surface area (Å²) in [4.78, 5) is 20.6. The average Bonchev–Trinajstić information content (AvgIpc) is 2.76. The third-order valence-corrected chi connectivity index (χ3v) is 3.91. The first-order valence-electron chi connectivity index (χ1n) is 8.89. The fourth-order valence-corrected chi connectivity index (χ4v) is 2.42. The molecule has 0 saturated carbocycles. The van der Waals surface area contributed by atoms with Crippen molar-refractivity contribution in [1.82, 2.24) is 15.3 Å². The average molecular weight is 378 g/mol. The third-order valence-electron chi connectivity index (χ3n) is 3.91. The van der Waals surface area contributed by atoms with Crippen molar-refractivity contribution in [2.75, 3.05) is 25.6 Å². The van der Waals surface area contributed by atoms with Crippen molar-refractivity contribution >= 4 is 11.6 Å². The number of carbonyl (C=O) groups is 1. The number of aromatic nitrogens is 2. The molecule has 1 amide bonds. The molecule has 3 rings (SSSR count). The van der Waals surface area contributed by atoms with Gasteiger partial charge < -0.3 is 20.1 Å². The van der Waals surface area contributed by atoms with Gasteiger partial charge in [0.1, 0.15) is 23.8 Å². The molecule has 0 saturated heterocycles. The maximum atomic E-state index is 12.2. The second-order valence-corrected chi connectivity index (χ2v) is 5.89. The Bertz CT molecular complexity index is 868. The number of nitrogens with one attached hydrogen (secondary N) is 2. The molecule has 7 nitrogen and oxygen atoms in total. The van der Waals surface area contributed by atoms with E-state index >= 15 is 0 Å². The second kappa shape index (κ2) is 9.91. The Kier molecular flexibility index (Phi) is 6.78. The van der Waals surface area contributed by atoms with E-state index in [9.17, 15) is 4.79 Å². The highest BCUT2D eigenvalue weighted by atomic mass is 16.5. The number of anilines is 1. The molecule has 0 atom stereocenters. The van der Waals surface area contributed by atoms with Crippen LogP contribution in [0, 0.1) is 0 Å². The van der Waals surface area contributed by atoms with E-state index in [0.29, 0.717) is 25.4 Å². The summed E-state index contributed by atoms with van der Waals surface area (Å²) < 4.78 is 10.7. The minimum atomic E-state index is -0.241. The van der Waals surface area contributed by atoms with E-state index in [-0.39, 0.29) is 5.91 Å². The van der Waals surface area contributed by atoms with Gasteiger partial charge in [-0.2, -0.15) is 0 Å². The van der Waals surface area contributed by atoms with Gasteiger partial charge in [-0.25, -0.2) is 4.98 Å². The zero-order chi connectivity index (χ0) is 19.6. The maximum absolute atomic E-state index is 12.2. The van der Waals surface area contributed by atoms with Crippen LogP contribution in [0.1, 0.15) is 16.2 Å². The lowest BCUT2D eigenvalue weighted by Crippen LogP contribution is -2.28. The Morgan fingerprint density at radius 1 is 1.00 bits per heavy atom. The van der Waals surface area contributed by atoms with Crippen molar-refractivity contribution < 1.29 is 14.3 Å². The first-order valence-corrected chi connectivity index (χ1v) is 8.89. The number of hydrogen-bond acceptors (Lipinski definition) is 6. The van der Waals surface area contributed by atoms with Crippen molar-refractivity contribution in [3.8, 4) is 11.5 Å². The van der Waals surface area contributed by atoms with Crippen LogP contribution in [0.2, 0.25) is 0 Å². The van der Waals surface area contributed by atoms with Crippen LogP contribution in [0.3, 0.4) is 0 Å². The minimum Gasteiger partial charge on any atom is -0.497 e. The number of hydrogen-bond donors (Lipinski definition) is 2. The largest absolute Gasteiger partial charge is 0.497 e. The predicted molar refractivity (Wildman–Crippen MR) is 107 cm³/mol. The Morgan fingerprint density at radius 3 is 2.50 bits per heavy atom. The molecule has 0 spiro atoms. The van der Waals surface area contributed by atoms with E-state index in [2.05, 4.69) is 20.6 Å². The lowest BCUT2D eigenvalue weighted by molar-refractivity contribution is 0.0942. The van der Waals surface area contributed by atoms with Gasteiger partial charge in [-0.3, -0.25) is 9.78 Å². The molecule has 3 aromatic rings. The van der Waals surface area contributed by atoms with Gasteiger partial charge in [0, 0.05) is 6.20 Å². The van der Waals surface area contributed by atoms with Crippen LogP contribution in [-0.4, -0.2) is 36.1 Å². The molecule has 0 aliphatic carbocycles. The van der Waals surface area contributed by atoms with Crippen LogP contribution in [0.25, 0.3) is 0 Å². The Labute approximate surface area is 163 Å². The van der Waals surface area contributed by atoms with Crippen molar-refractivity contribution in [3.63, 3.8) is 0 Å². The zero-order valence-corrected chi connectivity index (χ0v) is 15.6. The van der Waals surface area contributed by atoms with Gasteiger partial charge in [-0.15, -0.1) is 0 Å². The highest BCUT2D eigenvalue weighted by Crippen LogP contribution is 2.16. The minimum absolute atomic E-state index is 0.241. The predicted octanol–water partition coefficient (Wildman–Crippen LogP) is 2.91. The SMILES string of the molecule is COc1ccc(OCCNC(=O)c2ccc(NCc3ccccn3)cn2)cc1. The summed E-state index contributed by atoms with van der Waals surface area (Å²) >= 11 is 0. The topological polar surface area (TPSA) is 85.4 Å². The van der Waals surface area contributed by atoms with Crippen molar-refractivity contribution in [2.24, 2.45) is 0 Å². The van der Waals surface area contributed by atoms with Crippen molar-refractivity contribution in [3.05, 3.63) is 78.4 Å². The quantitative estimate of drug-likeness (QED) is 0.557. The van der Waals surface area contributed by atoms with Gasteiger partial charge in [-0.05, 0) is 48.5 Å². The molecule has 7 heteroatoms. The highest BCUT2D eigenvalue weighted by Gasteiger charge is 2.06. The van der Waals surface area contributed by atoms with Crippen molar-refractivity contribution in [2.45, 2.75) is 6.54 Å². The molecule has 2 N–H and O–H groups in total. The molecule has 0 unspecified atom stereocenters. The monoisotopic (exact) mass is 378 g/mol. The summed E-state index contributed by atoms with van der Waals surface area (Å²) in [7, 11) is 1.61. The van der Waals surface area contributed by atoms with E-state index in [4.69, 9.17) is 9.47 Å². The molecule has 0 radical (unpaired) electrons.